The maximum Gasteiger partial charge on any atom is 0.433 e. The number of carboxylic acid groups (broad SMARTS) is 1. The number of nitrogens with one attached hydrogen (secondary N) is 1. The van der Waals surface area contributed by atoms with Gasteiger partial charge in [0.15, 0.2) is 0 Å². The average molecular weight is 615 g/mol. The van der Waals surface area contributed by atoms with E-state index in [1.807, 2.05) is 51.6 Å². The Labute approximate surface area is 250 Å². The third-order valence-corrected chi connectivity index (χ3v) is 9.00. The van der Waals surface area contributed by atoms with Gasteiger partial charge in [0, 0.05) is 29.8 Å². The van der Waals surface area contributed by atoms with Gasteiger partial charge < -0.3 is 15.5 Å². The lowest BCUT2D eigenvalue weighted by Crippen LogP contribution is -2.44. The van der Waals surface area contributed by atoms with Gasteiger partial charge in [0.05, 0.1) is 22.5 Å². The van der Waals surface area contributed by atoms with E-state index in [4.69, 9.17) is 0 Å². The van der Waals surface area contributed by atoms with Crippen molar-refractivity contribution in [1.82, 2.24) is 24.7 Å². The molecule has 0 aliphatic heterocycles. The SMILES string of the molecule is CC1(C)C[C@@](O)(c2ncc(-c3cc(Nc4nccc(C(F)(F)F)n4)cc(-c4cnn(C(C)(C)C)c4)c3)s2)CC[C@@H]1C(=O)O. The Morgan fingerprint density at radius 2 is 1.81 bits per heavy atom. The summed E-state index contributed by atoms with van der Waals surface area (Å²) in [5, 5.41) is 29.1. The van der Waals surface area contributed by atoms with Gasteiger partial charge in [-0.2, -0.15) is 18.3 Å². The van der Waals surface area contributed by atoms with Gasteiger partial charge in [-0.15, -0.1) is 11.3 Å². The number of aliphatic hydroxyl groups is 1. The Balaban J connectivity index is 1.53. The van der Waals surface area contributed by atoms with E-state index in [1.165, 1.54) is 11.3 Å². The van der Waals surface area contributed by atoms with E-state index in [9.17, 15) is 28.2 Å². The van der Waals surface area contributed by atoms with E-state index in [0.29, 0.717) is 22.7 Å². The molecule has 0 spiro atoms. The first-order valence-electron chi connectivity index (χ1n) is 13.7. The van der Waals surface area contributed by atoms with Crippen molar-refractivity contribution in [3.05, 3.63) is 59.8 Å². The Morgan fingerprint density at radius 1 is 1.09 bits per heavy atom. The van der Waals surface area contributed by atoms with Crippen LogP contribution in [0.15, 0.2) is 49.1 Å². The van der Waals surface area contributed by atoms with Gasteiger partial charge in [-0.3, -0.25) is 9.48 Å². The van der Waals surface area contributed by atoms with Gasteiger partial charge >= 0.3 is 12.1 Å². The van der Waals surface area contributed by atoms with Crippen LogP contribution in [0.25, 0.3) is 21.6 Å². The van der Waals surface area contributed by atoms with Crippen molar-refractivity contribution < 1.29 is 28.2 Å². The number of carboxylic acids is 1. The number of hydrogen-bond acceptors (Lipinski definition) is 8. The predicted molar refractivity (Wildman–Crippen MR) is 157 cm³/mol. The Hall–Kier alpha value is -3.84. The highest BCUT2D eigenvalue weighted by Crippen LogP contribution is 2.51. The van der Waals surface area contributed by atoms with E-state index in [0.717, 1.165) is 28.3 Å². The number of benzene rings is 1. The molecule has 1 aliphatic rings. The number of carbonyl (C=O) groups is 1. The van der Waals surface area contributed by atoms with Crippen molar-refractivity contribution in [3.63, 3.8) is 0 Å². The predicted octanol–water partition coefficient (Wildman–Crippen LogP) is 7.08. The van der Waals surface area contributed by atoms with Crippen LogP contribution in [0.1, 0.15) is 64.6 Å². The second-order valence-corrected chi connectivity index (χ2v) is 13.7. The molecule has 3 heterocycles. The highest BCUT2D eigenvalue weighted by Gasteiger charge is 2.49. The zero-order chi connectivity index (χ0) is 31.4. The van der Waals surface area contributed by atoms with E-state index >= 15 is 0 Å². The first-order chi connectivity index (χ1) is 19.9. The number of nitrogens with zero attached hydrogens (tertiary/aromatic N) is 5. The number of alkyl halides is 3. The number of anilines is 2. The molecule has 1 aliphatic carbocycles. The highest BCUT2D eigenvalue weighted by atomic mass is 32.1. The van der Waals surface area contributed by atoms with Crippen molar-refractivity contribution in [3.8, 4) is 21.6 Å². The van der Waals surface area contributed by atoms with Gasteiger partial charge in [-0.1, -0.05) is 13.8 Å². The Kier molecular flexibility index (Phi) is 7.62. The standard InChI is InChI=1S/C30H33F3N6O3S/c1-27(2,3)39-15-19(13-36-39)17-10-18(12-20(11-17)37-26-34-9-7-23(38-26)30(31,32)33)22-14-35-25(43-22)29(42)8-6-21(24(40)41)28(4,5)16-29/h7,9-15,21,42H,6,8,16H2,1-5H3,(H,40,41)(H,34,37,38)/t21-,29-/m1/s1. The minimum atomic E-state index is -4.62. The number of thiazole rings is 1. The molecule has 0 amide bonds. The van der Waals surface area contributed by atoms with Crippen LogP contribution in [-0.2, 0) is 22.1 Å². The fourth-order valence-corrected chi connectivity index (χ4v) is 6.57. The highest BCUT2D eigenvalue weighted by molar-refractivity contribution is 7.15. The third-order valence-electron chi connectivity index (χ3n) is 7.76. The summed E-state index contributed by atoms with van der Waals surface area (Å²) in [6.07, 6.45) is 2.54. The lowest BCUT2D eigenvalue weighted by atomic mass is 9.63. The summed E-state index contributed by atoms with van der Waals surface area (Å²) < 4.78 is 41.7. The summed E-state index contributed by atoms with van der Waals surface area (Å²) in [4.78, 5) is 24.7. The molecule has 1 fully saturated rings. The van der Waals surface area contributed by atoms with E-state index < -0.39 is 34.8 Å². The largest absolute Gasteiger partial charge is 0.481 e. The van der Waals surface area contributed by atoms with Gasteiger partial charge in [-0.05, 0) is 80.8 Å². The van der Waals surface area contributed by atoms with Crippen LogP contribution in [0.4, 0.5) is 24.8 Å². The molecule has 43 heavy (non-hydrogen) atoms. The molecule has 13 heteroatoms. The van der Waals surface area contributed by atoms with Crippen molar-refractivity contribution >= 4 is 28.9 Å². The fourth-order valence-electron chi connectivity index (χ4n) is 5.56. The number of rotatable bonds is 6. The van der Waals surface area contributed by atoms with Crippen molar-refractivity contribution in [2.24, 2.45) is 11.3 Å². The Bertz CT molecular complexity index is 1660. The summed E-state index contributed by atoms with van der Waals surface area (Å²) in [7, 11) is 0. The van der Waals surface area contributed by atoms with Crippen molar-refractivity contribution in [2.45, 2.75) is 71.2 Å². The molecule has 0 radical (unpaired) electrons. The van der Waals surface area contributed by atoms with Gasteiger partial charge in [0.2, 0.25) is 5.95 Å². The second-order valence-electron chi connectivity index (χ2n) is 12.7. The van der Waals surface area contributed by atoms with Gasteiger partial charge in [0.1, 0.15) is 16.3 Å². The lowest BCUT2D eigenvalue weighted by Gasteiger charge is -2.44. The first-order valence-corrected chi connectivity index (χ1v) is 14.6. The summed E-state index contributed by atoms with van der Waals surface area (Å²) in [6.45, 7) is 9.76. The number of aromatic nitrogens is 5. The molecule has 5 rings (SSSR count). The van der Waals surface area contributed by atoms with Gasteiger partial charge in [0.25, 0.3) is 0 Å². The molecule has 0 saturated heterocycles. The van der Waals surface area contributed by atoms with Crippen LogP contribution in [0.3, 0.4) is 0 Å². The lowest BCUT2D eigenvalue weighted by molar-refractivity contribution is -0.154. The maximum absolute atomic E-state index is 13.3. The number of hydrogen-bond donors (Lipinski definition) is 3. The maximum atomic E-state index is 13.3. The minimum Gasteiger partial charge on any atom is -0.481 e. The third kappa shape index (κ3) is 6.42. The first kappa shape index (κ1) is 30.6. The summed E-state index contributed by atoms with van der Waals surface area (Å²) >= 11 is 1.30. The van der Waals surface area contributed by atoms with Crippen molar-refractivity contribution in [1.29, 1.82) is 0 Å². The molecule has 228 valence electrons. The molecule has 1 saturated carbocycles. The van der Waals surface area contributed by atoms with Crippen LogP contribution in [-0.4, -0.2) is 40.9 Å². The monoisotopic (exact) mass is 614 g/mol. The van der Waals surface area contributed by atoms with Crippen LogP contribution in [0.2, 0.25) is 0 Å². The average Bonchev–Trinajstić information content (AvgIpc) is 3.58. The molecule has 0 bridgehead atoms. The van der Waals surface area contributed by atoms with E-state index in [2.05, 4.69) is 25.4 Å². The number of aliphatic carboxylic acids is 1. The zero-order valence-corrected chi connectivity index (χ0v) is 25.2. The van der Waals surface area contributed by atoms with Crippen LogP contribution >= 0.6 is 11.3 Å². The summed E-state index contributed by atoms with van der Waals surface area (Å²) in [6, 6.07) is 6.27. The fraction of sp³-hybridized carbons (Fsp3) is 0.433. The molecule has 9 nitrogen and oxygen atoms in total. The topological polar surface area (TPSA) is 126 Å². The number of halogens is 3. The smallest absolute Gasteiger partial charge is 0.433 e. The van der Waals surface area contributed by atoms with E-state index in [-0.39, 0.29) is 24.3 Å². The molecule has 3 aromatic heterocycles. The van der Waals surface area contributed by atoms with Crippen LogP contribution in [0, 0.1) is 11.3 Å². The quantitative estimate of drug-likeness (QED) is 0.210. The molecule has 2 atom stereocenters. The summed E-state index contributed by atoms with van der Waals surface area (Å²) in [5.41, 5.74) is -0.544. The van der Waals surface area contributed by atoms with E-state index in [1.54, 1.807) is 24.5 Å². The molecule has 4 aromatic rings. The Morgan fingerprint density at radius 3 is 2.44 bits per heavy atom. The van der Waals surface area contributed by atoms with Gasteiger partial charge in [-0.25, -0.2) is 15.0 Å². The normalized spacial score (nSPS) is 20.6. The minimum absolute atomic E-state index is 0.208. The van der Waals surface area contributed by atoms with Crippen LogP contribution in [0.5, 0.6) is 0 Å². The van der Waals surface area contributed by atoms with Crippen LogP contribution < -0.4 is 5.32 Å². The molecular weight excluding hydrogens is 581 g/mol. The summed E-state index contributed by atoms with van der Waals surface area (Å²) in [5.74, 6) is -1.65. The van der Waals surface area contributed by atoms with Crippen molar-refractivity contribution in [2.75, 3.05) is 5.32 Å². The molecule has 0 unspecified atom stereocenters. The zero-order valence-electron chi connectivity index (χ0n) is 24.4. The second kappa shape index (κ2) is 10.7. The molecule has 3 N–H and O–H groups in total. The molecule has 1 aromatic carbocycles. The molecular formula is C30H33F3N6O3S.